The molecule has 1 amide bonds. The highest BCUT2D eigenvalue weighted by Crippen LogP contribution is 2.30. The number of alkyl halides is 2. The minimum Gasteiger partial charge on any atom is -0.339 e. The summed E-state index contributed by atoms with van der Waals surface area (Å²) in [7, 11) is 0. The Morgan fingerprint density at radius 3 is 2.97 bits per heavy atom. The molecular weight excluding hydrogens is 412 g/mol. The molecule has 1 saturated heterocycles. The lowest BCUT2D eigenvalue weighted by Crippen LogP contribution is -2.40. The average molecular weight is 431 g/mol. The van der Waals surface area contributed by atoms with Crippen molar-refractivity contribution in [2.45, 2.75) is 29.9 Å². The van der Waals surface area contributed by atoms with Gasteiger partial charge < -0.3 is 9.42 Å². The Hall–Kier alpha value is -2.88. The average Bonchev–Trinajstić information content (AvgIpc) is 3.22. The van der Waals surface area contributed by atoms with Gasteiger partial charge in [-0.15, -0.1) is 0 Å². The van der Waals surface area contributed by atoms with Crippen LogP contribution in [0.3, 0.4) is 0 Å². The summed E-state index contributed by atoms with van der Waals surface area (Å²) >= 11 is 0.396. The molecule has 1 fully saturated rings. The van der Waals surface area contributed by atoms with E-state index in [-0.39, 0.29) is 11.8 Å². The smallest absolute Gasteiger partial charge is 0.288 e. The third-order valence-corrected chi connectivity index (χ3v) is 5.65. The fourth-order valence-corrected chi connectivity index (χ4v) is 4.16. The van der Waals surface area contributed by atoms with Crippen molar-refractivity contribution in [3.05, 3.63) is 54.3 Å². The van der Waals surface area contributed by atoms with Crippen molar-refractivity contribution in [1.82, 2.24) is 25.0 Å². The van der Waals surface area contributed by atoms with E-state index in [1.165, 1.54) is 0 Å². The van der Waals surface area contributed by atoms with Crippen molar-refractivity contribution in [2.75, 3.05) is 13.1 Å². The number of hydrogen-bond acceptors (Lipinski definition) is 7. The van der Waals surface area contributed by atoms with Crippen LogP contribution in [0.2, 0.25) is 0 Å². The van der Waals surface area contributed by atoms with E-state index in [2.05, 4.69) is 20.1 Å². The van der Waals surface area contributed by atoms with Crippen LogP contribution in [-0.4, -0.2) is 49.8 Å². The Balaban J connectivity index is 1.43. The van der Waals surface area contributed by atoms with Gasteiger partial charge in [-0.1, -0.05) is 29.1 Å². The molecule has 3 heterocycles. The van der Waals surface area contributed by atoms with Crippen LogP contribution >= 0.6 is 11.8 Å². The third kappa shape index (κ3) is 4.81. The zero-order valence-corrected chi connectivity index (χ0v) is 16.8. The molecule has 10 heteroatoms. The molecule has 1 unspecified atom stereocenters. The van der Waals surface area contributed by atoms with E-state index in [9.17, 15) is 13.6 Å². The topological polar surface area (TPSA) is 85.0 Å². The minimum atomic E-state index is -2.57. The fourth-order valence-electron chi connectivity index (χ4n) is 3.53. The van der Waals surface area contributed by atoms with E-state index < -0.39 is 5.76 Å². The predicted molar refractivity (Wildman–Crippen MR) is 106 cm³/mol. The number of amides is 1. The molecule has 1 atom stereocenters. The van der Waals surface area contributed by atoms with Crippen LogP contribution in [0.25, 0.3) is 11.5 Å². The molecule has 0 saturated carbocycles. The molecule has 0 bridgehead atoms. The van der Waals surface area contributed by atoms with Gasteiger partial charge in [-0.25, -0.2) is 4.98 Å². The summed E-state index contributed by atoms with van der Waals surface area (Å²) < 4.78 is 31.0. The number of hydrogen-bond donors (Lipinski definition) is 0. The van der Waals surface area contributed by atoms with Crippen LogP contribution in [-0.2, 0) is 6.42 Å². The maximum Gasteiger partial charge on any atom is 0.288 e. The molecule has 7 nitrogen and oxygen atoms in total. The second-order valence-electron chi connectivity index (χ2n) is 6.94. The number of carbonyl (C=O) groups excluding carboxylic acids is 1. The molecule has 4 rings (SSSR count). The number of carbonyl (C=O) groups is 1. The number of halogens is 2. The number of benzene rings is 1. The van der Waals surface area contributed by atoms with Crippen molar-refractivity contribution in [3.8, 4) is 11.5 Å². The van der Waals surface area contributed by atoms with Crippen LogP contribution in [0, 0.1) is 5.92 Å². The summed E-state index contributed by atoms with van der Waals surface area (Å²) in [6.45, 7) is 1.10. The molecule has 1 aliphatic heterocycles. The molecule has 156 valence electrons. The number of aromatic nitrogens is 4. The fraction of sp³-hybridized carbons (Fsp3) is 0.350. The molecule has 2 aromatic heterocycles. The number of likely N-dealkylation sites (tertiary alicyclic amines) is 1. The van der Waals surface area contributed by atoms with Crippen molar-refractivity contribution in [3.63, 3.8) is 0 Å². The third-order valence-electron chi connectivity index (χ3n) is 4.86. The first kappa shape index (κ1) is 20.4. The number of nitrogens with zero attached hydrogens (tertiary/aromatic N) is 5. The molecule has 0 spiro atoms. The predicted octanol–water partition coefficient (Wildman–Crippen LogP) is 3.94. The maximum absolute atomic E-state index is 13.0. The summed E-state index contributed by atoms with van der Waals surface area (Å²) in [5.41, 5.74) is 0.840. The quantitative estimate of drug-likeness (QED) is 0.547. The Kier molecular flexibility index (Phi) is 6.32. The Labute approximate surface area is 175 Å². The van der Waals surface area contributed by atoms with E-state index >= 15 is 0 Å². The summed E-state index contributed by atoms with van der Waals surface area (Å²) in [5, 5.41) is 3.95. The maximum atomic E-state index is 13.0. The van der Waals surface area contributed by atoms with Gasteiger partial charge >= 0.3 is 0 Å². The lowest BCUT2D eigenvalue weighted by Gasteiger charge is -2.32. The van der Waals surface area contributed by atoms with Crippen LogP contribution < -0.4 is 0 Å². The summed E-state index contributed by atoms with van der Waals surface area (Å²) in [6.07, 6.45) is 6.96. The Morgan fingerprint density at radius 2 is 2.17 bits per heavy atom. The van der Waals surface area contributed by atoms with Gasteiger partial charge in [-0.05, 0) is 30.9 Å². The van der Waals surface area contributed by atoms with Crippen LogP contribution in [0.5, 0.6) is 0 Å². The number of rotatable bonds is 6. The molecule has 0 aliphatic carbocycles. The largest absolute Gasteiger partial charge is 0.339 e. The number of thioether (sulfide) groups is 1. The zero-order valence-electron chi connectivity index (χ0n) is 15.9. The zero-order chi connectivity index (χ0) is 20.9. The lowest BCUT2D eigenvalue weighted by molar-refractivity contribution is 0.0664. The minimum absolute atomic E-state index is 0.146. The van der Waals surface area contributed by atoms with Crippen LogP contribution in [0.4, 0.5) is 8.78 Å². The van der Waals surface area contributed by atoms with Crippen LogP contribution in [0.1, 0.15) is 29.1 Å². The highest BCUT2D eigenvalue weighted by atomic mass is 32.2. The summed E-state index contributed by atoms with van der Waals surface area (Å²) in [5.74, 6) is -1.81. The standard InChI is InChI=1S/C20H19F2N5O2S/c21-20(22)30-16-6-2-1-5-14(16)19(28)27-9-3-4-13(12-27)10-17-25-18(26-29-17)15-11-23-7-8-24-15/h1-2,5-8,11,13,20H,3-4,9-10,12H2. The highest BCUT2D eigenvalue weighted by molar-refractivity contribution is 7.99. The molecule has 3 aromatic rings. The Morgan fingerprint density at radius 1 is 1.30 bits per heavy atom. The second-order valence-corrected chi connectivity index (χ2v) is 7.97. The van der Waals surface area contributed by atoms with E-state index in [1.807, 2.05) is 0 Å². The van der Waals surface area contributed by atoms with Gasteiger partial charge in [0, 0.05) is 36.8 Å². The van der Waals surface area contributed by atoms with Crippen molar-refractivity contribution in [2.24, 2.45) is 5.92 Å². The van der Waals surface area contributed by atoms with Gasteiger partial charge in [-0.2, -0.15) is 13.8 Å². The van der Waals surface area contributed by atoms with E-state index in [0.29, 0.717) is 59.1 Å². The summed E-state index contributed by atoms with van der Waals surface area (Å²) in [6, 6.07) is 6.50. The molecule has 0 radical (unpaired) electrons. The monoisotopic (exact) mass is 431 g/mol. The van der Waals surface area contributed by atoms with Gasteiger partial charge in [-0.3, -0.25) is 9.78 Å². The lowest BCUT2D eigenvalue weighted by atomic mass is 9.94. The molecular formula is C20H19F2N5O2S. The van der Waals surface area contributed by atoms with Gasteiger partial charge in [0.1, 0.15) is 5.69 Å². The van der Waals surface area contributed by atoms with E-state index in [0.717, 1.165) is 12.8 Å². The normalized spacial score (nSPS) is 16.8. The van der Waals surface area contributed by atoms with Crippen molar-refractivity contribution in [1.29, 1.82) is 0 Å². The summed E-state index contributed by atoms with van der Waals surface area (Å²) in [4.78, 5) is 27.5. The Bertz CT molecular complexity index is 1000. The van der Waals surface area contributed by atoms with Crippen molar-refractivity contribution < 1.29 is 18.1 Å². The highest BCUT2D eigenvalue weighted by Gasteiger charge is 2.28. The van der Waals surface area contributed by atoms with Crippen molar-refractivity contribution >= 4 is 17.7 Å². The first-order chi connectivity index (χ1) is 14.6. The van der Waals surface area contributed by atoms with Gasteiger partial charge in [0.15, 0.2) is 0 Å². The molecule has 30 heavy (non-hydrogen) atoms. The molecule has 1 aromatic carbocycles. The second kappa shape index (κ2) is 9.29. The van der Waals surface area contributed by atoms with Gasteiger partial charge in [0.25, 0.3) is 11.7 Å². The van der Waals surface area contributed by atoms with Gasteiger partial charge in [0.2, 0.25) is 11.7 Å². The first-order valence-corrected chi connectivity index (χ1v) is 10.4. The van der Waals surface area contributed by atoms with Crippen LogP contribution in [0.15, 0.2) is 52.3 Å². The molecule has 0 N–H and O–H groups in total. The van der Waals surface area contributed by atoms with E-state index in [4.69, 9.17) is 4.52 Å². The SMILES string of the molecule is O=C(c1ccccc1SC(F)F)N1CCCC(Cc2nc(-c3cnccn3)no2)C1. The van der Waals surface area contributed by atoms with Gasteiger partial charge in [0.05, 0.1) is 11.8 Å². The molecule has 1 aliphatic rings. The van der Waals surface area contributed by atoms with E-state index in [1.54, 1.807) is 47.8 Å². The first-order valence-electron chi connectivity index (χ1n) is 9.52. The number of piperidine rings is 1.